The summed E-state index contributed by atoms with van der Waals surface area (Å²) < 4.78 is 6.18. The number of aromatic amines is 1. The lowest BCUT2D eigenvalue weighted by atomic mass is 9.95. The molecule has 1 atom stereocenters. The Hall–Kier alpha value is -1.73. The maximum absolute atomic E-state index is 6.18. The molecule has 3 fully saturated rings. The van der Waals surface area contributed by atoms with E-state index >= 15 is 0 Å². The number of aromatic nitrogens is 4. The van der Waals surface area contributed by atoms with Crippen molar-refractivity contribution in [3.05, 3.63) is 12.7 Å². The fourth-order valence-electron chi connectivity index (χ4n) is 4.90. The number of hydrogen-bond acceptors (Lipinski definition) is 6. The molecule has 2 aliphatic heterocycles. The lowest BCUT2D eigenvalue weighted by molar-refractivity contribution is 0.00978. The van der Waals surface area contributed by atoms with E-state index in [1.54, 1.807) is 12.7 Å². The highest BCUT2D eigenvalue weighted by atomic mass is 16.5. The Morgan fingerprint density at radius 3 is 2.80 bits per heavy atom. The van der Waals surface area contributed by atoms with Crippen LogP contribution in [0.25, 0.3) is 11.2 Å². The molecule has 7 heteroatoms. The van der Waals surface area contributed by atoms with Crippen molar-refractivity contribution in [1.29, 1.82) is 0 Å². The number of H-pyrrole nitrogens is 1. The molecule has 2 saturated heterocycles. The molecule has 0 amide bonds. The van der Waals surface area contributed by atoms with Gasteiger partial charge < -0.3 is 19.9 Å². The number of piperidine rings is 1. The molecule has 134 valence electrons. The van der Waals surface area contributed by atoms with E-state index in [0.29, 0.717) is 12.1 Å². The highest BCUT2D eigenvalue weighted by Crippen LogP contribution is 2.41. The Morgan fingerprint density at radius 1 is 1.12 bits per heavy atom. The van der Waals surface area contributed by atoms with Gasteiger partial charge in [-0.1, -0.05) is 12.8 Å². The molecule has 5 rings (SSSR count). The Morgan fingerprint density at radius 2 is 1.96 bits per heavy atom. The molecule has 2 N–H and O–H groups in total. The van der Waals surface area contributed by atoms with Crippen molar-refractivity contribution >= 4 is 17.0 Å². The Balaban J connectivity index is 1.19. The number of imidazole rings is 1. The van der Waals surface area contributed by atoms with E-state index < -0.39 is 0 Å². The van der Waals surface area contributed by atoms with Crippen LogP contribution < -0.4 is 10.2 Å². The summed E-state index contributed by atoms with van der Waals surface area (Å²) in [7, 11) is 0. The van der Waals surface area contributed by atoms with Crippen LogP contribution in [-0.2, 0) is 4.74 Å². The molecule has 1 spiro atoms. The highest BCUT2D eigenvalue weighted by Gasteiger charge is 2.42. The van der Waals surface area contributed by atoms with Gasteiger partial charge in [0.15, 0.2) is 11.5 Å². The molecular formula is C18H26N6O. The van der Waals surface area contributed by atoms with Gasteiger partial charge in [0.05, 0.1) is 18.5 Å². The Kier molecular flexibility index (Phi) is 3.86. The Bertz CT molecular complexity index is 732. The molecule has 0 unspecified atom stereocenters. The summed E-state index contributed by atoms with van der Waals surface area (Å²) in [5.41, 5.74) is 1.91. The van der Waals surface area contributed by atoms with Gasteiger partial charge in [-0.3, -0.25) is 0 Å². The van der Waals surface area contributed by atoms with Gasteiger partial charge in [0, 0.05) is 25.2 Å². The minimum atomic E-state index is 0.214. The van der Waals surface area contributed by atoms with Crippen molar-refractivity contribution in [1.82, 2.24) is 25.3 Å². The van der Waals surface area contributed by atoms with E-state index in [4.69, 9.17) is 4.74 Å². The number of anilines is 1. The van der Waals surface area contributed by atoms with E-state index in [2.05, 4.69) is 30.2 Å². The van der Waals surface area contributed by atoms with Gasteiger partial charge in [0.2, 0.25) is 0 Å². The lowest BCUT2D eigenvalue weighted by Gasteiger charge is -2.34. The van der Waals surface area contributed by atoms with E-state index in [1.165, 1.54) is 32.1 Å². The van der Waals surface area contributed by atoms with Crippen LogP contribution in [0.1, 0.15) is 44.9 Å². The molecule has 3 aliphatic rings. The summed E-state index contributed by atoms with van der Waals surface area (Å²) in [4.78, 5) is 18.4. The molecule has 4 heterocycles. The van der Waals surface area contributed by atoms with Crippen LogP contribution in [0.3, 0.4) is 0 Å². The van der Waals surface area contributed by atoms with Crippen LogP contribution in [0.5, 0.6) is 0 Å². The van der Waals surface area contributed by atoms with Crippen molar-refractivity contribution in [2.75, 3.05) is 24.6 Å². The third kappa shape index (κ3) is 2.89. The number of fused-ring (bicyclic) bond motifs is 1. The third-order valence-corrected chi connectivity index (χ3v) is 6.19. The number of rotatable bonds is 3. The van der Waals surface area contributed by atoms with Gasteiger partial charge in [-0.25, -0.2) is 15.0 Å². The first-order valence-corrected chi connectivity index (χ1v) is 9.60. The van der Waals surface area contributed by atoms with E-state index in [1.807, 2.05) is 0 Å². The Labute approximate surface area is 147 Å². The lowest BCUT2D eigenvalue weighted by Crippen LogP contribution is -2.47. The second-order valence-corrected chi connectivity index (χ2v) is 7.83. The standard InChI is InChI=1S/C18H26N6O/c1-2-6-18(5-1)9-14(10-25-18)23-13-3-7-24(8-4-13)17-15-16(20-11-19-15)21-12-22-17/h11-14,23H,1-10H2,(H,19,20,21,22)/t14-/m1/s1. The van der Waals surface area contributed by atoms with E-state index in [0.717, 1.165) is 49.5 Å². The van der Waals surface area contributed by atoms with Gasteiger partial charge in [0.25, 0.3) is 0 Å². The average Bonchev–Trinajstić information content (AvgIpc) is 3.38. The fourth-order valence-corrected chi connectivity index (χ4v) is 4.90. The summed E-state index contributed by atoms with van der Waals surface area (Å²) in [5, 5.41) is 3.87. The number of nitrogens with zero attached hydrogens (tertiary/aromatic N) is 4. The summed E-state index contributed by atoms with van der Waals surface area (Å²) in [6.45, 7) is 2.92. The van der Waals surface area contributed by atoms with Crippen LogP contribution in [-0.4, -0.2) is 57.3 Å². The van der Waals surface area contributed by atoms with Crippen LogP contribution in [0.2, 0.25) is 0 Å². The maximum atomic E-state index is 6.18. The van der Waals surface area contributed by atoms with Crippen molar-refractivity contribution in [2.45, 2.75) is 62.6 Å². The monoisotopic (exact) mass is 342 g/mol. The topological polar surface area (TPSA) is 79.0 Å². The zero-order valence-electron chi connectivity index (χ0n) is 14.6. The van der Waals surface area contributed by atoms with E-state index in [-0.39, 0.29) is 5.60 Å². The van der Waals surface area contributed by atoms with E-state index in [9.17, 15) is 0 Å². The number of ether oxygens (including phenoxy) is 1. The molecule has 2 aromatic heterocycles. The largest absolute Gasteiger partial charge is 0.373 e. The van der Waals surface area contributed by atoms with Crippen LogP contribution in [0.4, 0.5) is 5.82 Å². The number of hydrogen-bond donors (Lipinski definition) is 2. The minimum Gasteiger partial charge on any atom is -0.373 e. The highest BCUT2D eigenvalue weighted by molar-refractivity contribution is 5.82. The SMILES string of the molecule is c1nc(N2CCC(N[C@H]3COC4(CCCC4)C3)CC2)c2[nH]cnc2n1. The second-order valence-electron chi connectivity index (χ2n) is 7.83. The zero-order valence-corrected chi connectivity index (χ0v) is 14.6. The van der Waals surface area contributed by atoms with Gasteiger partial charge in [-0.15, -0.1) is 0 Å². The maximum Gasteiger partial charge on any atom is 0.182 e. The first-order chi connectivity index (χ1) is 12.3. The van der Waals surface area contributed by atoms with Crippen LogP contribution in [0.15, 0.2) is 12.7 Å². The second kappa shape index (κ2) is 6.21. The van der Waals surface area contributed by atoms with Crippen molar-refractivity contribution in [3.63, 3.8) is 0 Å². The predicted molar refractivity (Wildman–Crippen MR) is 95.6 cm³/mol. The molecule has 0 radical (unpaired) electrons. The summed E-state index contributed by atoms with van der Waals surface area (Å²) in [6, 6.07) is 1.12. The molecule has 1 aliphatic carbocycles. The minimum absolute atomic E-state index is 0.214. The summed E-state index contributed by atoms with van der Waals surface area (Å²) in [6.07, 6.45) is 12.0. The predicted octanol–water partition coefficient (Wildman–Crippen LogP) is 2.01. The first kappa shape index (κ1) is 15.5. The van der Waals surface area contributed by atoms with Gasteiger partial charge in [-0.05, 0) is 32.1 Å². The van der Waals surface area contributed by atoms with Gasteiger partial charge in [-0.2, -0.15) is 0 Å². The average molecular weight is 342 g/mol. The molecule has 7 nitrogen and oxygen atoms in total. The van der Waals surface area contributed by atoms with Crippen LogP contribution in [0, 0.1) is 0 Å². The molecular weight excluding hydrogens is 316 g/mol. The van der Waals surface area contributed by atoms with Crippen LogP contribution >= 0.6 is 0 Å². The normalized spacial score (nSPS) is 26.9. The molecule has 0 bridgehead atoms. The molecule has 0 aromatic carbocycles. The molecule has 2 aromatic rings. The fraction of sp³-hybridized carbons (Fsp3) is 0.722. The zero-order chi connectivity index (χ0) is 16.7. The molecule has 25 heavy (non-hydrogen) atoms. The first-order valence-electron chi connectivity index (χ1n) is 9.60. The number of nitrogens with one attached hydrogen (secondary N) is 2. The van der Waals surface area contributed by atoms with Crippen molar-refractivity contribution < 1.29 is 4.74 Å². The summed E-state index contributed by atoms with van der Waals surface area (Å²) in [5.74, 6) is 0.982. The smallest absolute Gasteiger partial charge is 0.182 e. The van der Waals surface area contributed by atoms with Gasteiger partial charge >= 0.3 is 0 Å². The van der Waals surface area contributed by atoms with Gasteiger partial charge in [0.1, 0.15) is 11.8 Å². The molecule has 1 saturated carbocycles. The quantitative estimate of drug-likeness (QED) is 0.888. The van der Waals surface area contributed by atoms with Crippen molar-refractivity contribution in [3.8, 4) is 0 Å². The van der Waals surface area contributed by atoms with Crippen molar-refractivity contribution in [2.24, 2.45) is 0 Å². The summed E-state index contributed by atoms with van der Waals surface area (Å²) >= 11 is 0. The third-order valence-electron chi connectivity index (χ3n) is 6.19.